The lowest BCUT2D eigenvalue weighted by Gasteiger charge is -2.33. The van der Waals surface area contributed by atoms with Gasteiger partial charge in [-0.3, -0.25) is 0 Å². The van der Waals surface area contributed by atoms with Gasteiger partial charge in [-0.1, -0.05) is 0 Å². The third-order valence-electron chi connectivity index (χ3n) is 4.99. The number of ether oxygens (including phenoxy) is 1. The highest BCUT2D eigenvalue weighted by Crippen LogP contribution is 2.27. The number of carbonyl (C=O) groups is 1. The molecule has 3 heterocycles. The molecule has 1 atom stereocenters. The van der Waals surface area contributed by atoms with Crippen molar-refractivity contribution in [3.63, 3.8) is 0 Å². The second kappa shape index (κ2) is 7.40. The first-order chi connectivity index (χ1) is 12.0. The van der Waals surface area contributed by atoms with Gasteiger partial charge in [-0.25, -0.2) is 4.79 Å². The summed E-state index contributed by atoms with van der Waals surface area (Å²) in [4.78, 5) is 26.4. The second-order valence-corrected chi connectivity index (χ2v) is 6.78. The molecule has 0 unspecified atom stereocenters. The smallest absolute Gasteiger partial charge is 0.357 e. The van der Waals surface area contributed by atoms with Gasteiger partial charge >= 0.3 is 12.0 Å². The molecule has 3 N–H and O–H groups in total. The van der Waals surface area contributed by atoms with Crippen molar-refractivity contribution in [2.45, 2.75) is 18.9 Å². The molecule has 2 fully saturated rings. The van der Waals surface area contributed by atoms with E-state index in [1.807, 2.05) is 4.90 Å². The molecule has 3 rings (SSSR count). The van der Waals surface area contributed by atoms with Gasteiger partial charge in [0.15, 0.2) is 11.5 Å². The molecule has 0 amide bonds. The van der Waals surface area contributed by atoms with E-state index in [0.29, 0.717) is 18.5 Å². The van der Waals surface area contributed by atoms with Gasteiger partial charge in [0.1, 0.15) is 12.3 Å². The van der Waals surface area contributed by atoms with Crippen LogP contribution in [0.5, 0.6) is 6.01 Å². The van der Waals surface area contributed by atoms with E-state index in [4.69, 9.17) is 10.5 Å². The van der Waals surface area contributed by atoms with Crippen molar-refractivity contribution in [3.8, 4) is 6.01 Å². The molecule has 2 aliphatic heterocycles. The molecular formula is C16H26N6O3. The minimum absolute atomic E-state index is 0.0841. The van der Waals surface area contributed by atoms with Gasteiger partial charge in [-0.05, 0) is 33.5 Å². The summed E-state index contributed by atoms with van der Waals surface area (Å²) in [5.41, 5.74) is 5.94. The maximum Gasteiger partial charge on any atom is 0.357 e. The molecule has 0 saturated carbocycles. The second-order valence-electron chi connectivity index (χ2n) is 6.78. The van der Waals surface area contributed by atoms with E-state index in [1.165, 1.54) is 0 Å². The zero-order valence-electron chi connectivity index (χ0n) is 14.8. The number of likely N-dealkylation sites (N-methyl/N-ethyl adjacent to an activating group) is 2. The fraction of sp³-hybridized carbons (Fsp3) is 0.688. The zero-order chi connectivity index (χ0) is 18.0. The molecule has 2 saturated heterocycles. The Bertz CT molecular complexity index is 633. The number of rotatable bonds is 5. The van der Waals surface area contributed by atoms with Gasteiger partial charge in [-0.15, -0.1) is 0 Å². The third-order valence-corrected chi connectivity index (χ3v) is 4.99. The highest BCUT2D eigenvalue weighted by Gasteiger charge is 2.26. The Kier molecular flexibility index (Phi) is 5.24. The Balaban J connectivity index is 1.81. The number of carboxylic acid groups (broad SMARTS) is 1. The Morgan fingerprint density at radius 3 is 2.56 bits per heavy atom. The Morgan fingerprint density at radius 2 is 1.96 bits per heavy atom. The number of piperazine rings is 1. The number of nitrogens with two attached hydrogens (primary N) is 1. The first-order valence-corrected chi connectivity index (χ1v) is 8.63. The summed E-state index contributed by atoms with van der Waals surface area (Å²) < 4.78 is 5.74. The lowest BCUT2D eigenvalue weighted by atomic mass is 10.2. The number of nitrogen functional groups attached to an aromatic ring is 1. The van der Waals surface area contributed by atoms with Crippen LogP contribution in [-0.2, 0) is 0 Å². The number of carboxylic acids is 1. The molecule has 9 heteroatoms. The van der Waals surface area contributed by atoms with E-state index in [2.05, 4.69) is 33.9 Å². The summed E-state index contributed by atoms with van der Waals surface area (Å²) in [5.74, 6) is -0.714. The molecule has 25 heavy (non-hydrogen) atoms. The predicted octanol–water partition coefficient (Wildman–Crippen LogP) is -0.0182. The summed E-state index contributed by atoms with van der Waals surface area (Å²) in [6.45, 7) is 4.71. The monoisotopic (exact) mass is 350 g/mol. The molecule has 0 bridgehead atoms. The van der Waals surface area contributed by atoms with Crippen molar-refractivity contribution in [3.05, 3.63) is 5.69 Å². The third kappa shape index (κ3) is 3.93. The van der Waals surface area contributed by atoms with E-state index < -0.39 is 5.97 Å². The van der Waals surface area contributed by atoms with Crippen molar-refractivity contribution in [2.75, 3.05) is 64.1 Å². The number of likely N-dealkylation sites (tertiary alicyclic amines) is 1. The van der Waals surface area contributed by atoms with Crippen LogP contribution in [0, 0.1) is 0 Å². The molecule has 0 aromatic carbocycles. The summed E-state index contributed by atoms with van der Waals surface area (Å²) >= 11 is 0. The number of anilines is 2. The van der Waals surface area contributed by atoms with Crippen LogP contribution in [0.15, 0.2) is 0 Å². The molecule has 1 aromatic heterocycles. The zero-order valence-corrected chi connectivity index (χ0v) is 14.8. The molecule has 0 radical (unpaired) electrons. The molecule has 138 valence electrons. The highest BCUT2D eigenvalue weighted by atomic mass is 16.5. The summed E-state index contributed by atoms with van der Waals surface area (Å²) in [6, 6.07) is 0.391. The SMILES string of the molecule is CN1CCN(c2nc(OC[C@@H]3CCCN3C)nc(C(=O)O)c2N)CC1. The Hall–Kier alpha value is -2.13. The average molecular weight is 350 g/mol. The molecular weight excluding hydrogens is 324 g/mol. The number of hydrogen-bond acceptors (Lipinski definition) is 8. The Morgan fingerprint density at radius 1 is 1.24 bits per heavy atom. The van der Waals surface area contributed by atoms with Gasteiger partial charge in [0, 0.05) is 32.2 Å². The van der Waals surface area contributed by atoms with Crippen LogP contribution >= 0.6 is 0 Å². The van der Waals surface area contributed by atoms with Crippen molar-refractivity contribution < 1.29 is 14.6 Å². The Labute approximate surface area is 147 Å². The number of aromatic nitrogens is 2. The van der Waals surface area contributed by atoms with Crippen LogP contribution in [0.25, 0.3) is 0 Å². The van der Waals surface area contributed by atoms with Gasteiger partial charge in [-0.2, -0.15) is 9.97 Å². The highest BCUT2D eigenvalue weighted by molar-refractivity contribution is 5.94. The van der Waals surface area contributed by atoms with Crippen LogP contribution in [0.1, 0.15) is 23.3 Å². The number of nitrogens with zero attached hydrogens (tertiary/aromatic N) is 5. The fourth-order valence-electron chi connectivity index (χ4n) is 3.29. The predicted molar refractivity (Wildman–Crippen MR) is 94.3 cm³/mol. The average Bonchev–Trinajstić information content (AvgIpc) is 2.99. The van der Waals surface area contributed by atoms with E-state index in [1.54, 1.807) is 0 Å². The van der Waals surface area contributed by atoms with Crippen LogP contribution in [0.2, 0.25) is 0 Å². The maximum absolute atomic E-state index is 11.5. The van der Waals surface area contributed by atoms with Gasteiger partial charge < -0.3 is 30.3 Å². The van der Waals surface area contributed by atoms with Crippen LogP contribution < -0.4 is 15.4 Å². The molecule has 1 aromatic rings. The summed E-state index contributed by atoms with van der Waals surface area (Å²) in [5, 5.41) is 9.42. The minimum Gasteiger partial charge on any atom is -0.476 e. The van der Waals surface area contributed by atoms with Crippen molar-refractivity contribution >= 4 is 17.5 Å². The number of hydrogen-bond donors (Lipinski definition) is 2. The minimum atomic E-state index is -1.17. The van der Waals surface area contributed by atoms with Crippen molar-refractivity contribution in [2.24, 2.45) is 0 Å². The molecule has 0 aliphatic carbocycles. The normalized spacial score (nSPS) is 22.3. The topological polar surface area (TPSA) is 108 Å². The summed E-state index contributed by atoms with van der Waals surface area (Å²) in [7, 11) is 4.11. The maximum atomic E-state index is 11.5. The van der Waals surface area contributed by atoms with Gasteiger partial charge in [0.2, 0.25) is 0 Å². The van der Waals surface area contributed by atoms with Gasteiger partial charge in [0.05, 0.1) is 0 Å². The fourth-order valence-corrected chi connectivity index (χ4v) is 3.29. The summed E-state index contributed by atoms with van der Waals surface area (Å²) in [6.07, 6.45) is 2.20. The van der Waals surface area contributed by atoms with E-state index >= 15 is 0 Å². The lowest BCUT2D eigenvalue weighted by molar-refractivity contribution is 0.0689. The first kappa shape index (κ1) is 17.7. The molecule has 2 aliphatic rings. The van der Waals surface area contributed by atoms with E-state index in [-0.39, 0.29) is 17.4 Å². The van der Waals surface area contributed by atoms with Crippen molar-refractivity contribution in [1.29, 1.82) is 0 Å². The van der Waals surface area contributed by atoms with Crippen LogP contribution in [0.4, 0.5) is 11.5 Å². The van der Waals surface area contributed by atoms with Crippen LogP contribution in [-0.4, -0.2) is 90.3 Å². The van der Waals surface area contributed by atoms with Crippen molar-refractivity contribution in [1.82, 2.24) is 19.8 Å². The largest absolute Gasteiger partial charge is 0.476 e. The van der Waals surface area contributed by atoms with Gasteiger partial charge in [0.25, 0.3) is 0 Å². The number of aromatic carboxylic acids is 1. The molecule has 9 nitrogen and oxygen atoms in total. The first-order valence-electron chi connectivity index (χ1n) is 8.63. The standard InChI is InChI=1S/C16H26N6O3/c1-20-6-8-22(9-7-20)14-12(17)13(15(23)24)18-16(19-14)25-10-11-4-3-5-21(11)2/h11H,3-10,17H2,1-2H3,(H,23,24)/t11-/m0/s1. The van der Waals surface area contributed by atoms with Crippen LogP contribution in [0.3, 0.4) is 0 Å². The molecule has 0 spiro atoms. The lowest BCUT2D eigenvalue weighted by Crippen LogP contribution is -2.45. The van der Waals surface area contributed by atoms with E-state index in [9.17, 15) is 9.90 Å². The quantitative estimate of drug-likeness (QED) is 0.757. The van der Waals surface area contributed by atoms with E-state index in [0.717, 1.165) is 45.6 Å².